The van der Waals surface area contributed by atoms with Crippen molar-refractivity contribution >= 4 is 52.0 Å². The molecule has 11 nitrogen and oxygen atoms in total. The van der Waals surface area contributed by atoms with Crippen LogP contribution < -0.4 is 26.0 Å². The number of nitrogens with one attached hydrogen (secondary N) is 1. The minimum atomic E-state index is -0.568. The zero-order valence-corrected chi connectivity index (χ0v) is 27.0. The molecule has 0 bridgehead atoms. The van der Waals surface area contributed by atoms with Crippen molar-refractivity contribution in [2.45, 2.75) is 20.4 Å². The number of anilines is 1. The Labute approximate surface area is 273 Å². The molecule has 2 aromatic heterocycles. The van der Waals surface area contributed by atoms with E-state index in [0.29, 0.717) is 26.9 Å². The molecule has 0 radical (unpaired) electrons. The van der Waals surface area contributed by atoms with Crippen LogP contribution in [-0.2, 0) is 25.4 Å². The maximum absolute atomic E-state index is 13.3. The first kappa shape index (κ1) is 32.1. The average molecular weight is 660 g/mol. The summed E-state index contributed by atoms with van der Waals surface area (Å²) in [5, 5.41) is 13.4. The summed E-state index contributed by atoms with van der Waals surface area (Å²) < 4.78 is 15.5. The molecule has 13 heteroatoms. The molecule has 5 rings (SSSR count). The number of ether oxygens (including phenoxy) is 2. The number of hydrogen-bond acceptors (Lipinski definition) is 7. The second-order valence-corrected chi connectivity index (χ2v) is 11.3. The van der Waals surface area contributed by atoms with Gasteiger partial charge in [0.05, 0.1) is 13.7 Å². The highest BCUT2D eigenvalue weighted by Crippen LogP contribution is 2.34. The van der Waals surface area contributed by atoms with Crippen LogP contribution in [0.15, 0.2) is 69.8 Å². The number of hydrogen-bond donors (Lipinski definition) is 1. The number of halogens is 2. The smallest absolute Gasteiger partial charge is 0.332 e. The van der Waals surface area contributed by atoms with Crippen molar-refractivity contribution in [1.82, 2.24) is 18.7 Å². The fraction of sp³-hybridized carbons (Fsp3) is 0.182. The van der Waals surface area contributed by atoms with Crippen LogP contribution in [0.25, 0.3) is 17.2 Å². The van der Waals surface area contributed by atoms with Gasteiger partial charge in [-0.05, 0) is 72.5 Å². The molecule has 0 aliphatic carbocycles. The monoisotopic (exact) mass is 658 g/mol. The summed E-state index contributed by atoms with van der Waals surface area (Å²) in [6, 6.07) is 17.3. The van der Waals surface area contributed by atoms with E-state index in [1.165, 1.54) is 36.4 Å². The Balaban J connectivity index is 1.54. The Morgan fingerprint density at radius 2 is 1.80 bits per heavy atom. The molecule has 5 aromatic rings. The number of carbonyl (C=O) groups is 1. The Bertz CT molecular complexity index is 2230. The number of methoxy groups -OCH3 is 1. The number of nitrogens with zero attached hydrogens (tertiary/aromatic N) is 5. The summed E-state index contributed by atoms with van der Waals surface area (Å²) in [6.07, 6.45) is 1.43. The van der Waals surface area contributed by atoms with Crippen LogP contribution in [0.4, 0.5) is 5.69 Å². The second kappa shape index (κ2) is 13.0. The number of aryl methyl sites for hydroxylation is 2. The topological polar surface area (TPSA) is 133 Å². The van der Waals surface area contributed by atoms with Gasteiger partial charge in [0.25, 0.3) is 11.5 Å². The van der Waals surface area contributed by atoms with E-state index in [9.17, 15) is 19.6 Å². The fourth-order valence-electron chi connectivity index (χ4n) is 4.82. The quantitative estimate of drug-likeness (QED) is 0.166. The lowest BCUT2D eigenvalue weighted by molar-refractivity contribution is -0.112. The van der Waals surface area contributed by atoms with Gasteiger partial charge in [-0.1, -0.05) is 47.5 Å². The third-order valence-corrected chi connectivity index (χ3v) is 8.16. The summed E-state index contributed by atoms with van der Waals surface area (Å²) in [7, 11) is 4.32. The number of amides is 1. The molecule has 0 spiro atoms. The largest absolute Gasteiger partial charge is 0.493 e. The molecular weight excluding hydrogens is 631 g/mol. The Morgan fingerprint density at radius 3 is 2.50 bits per heavy atom. The van der Waals surface area contributed by atoms with Crippen molar-refractivity contribution in [3.05, 3.63) is 113 Å². The number of fused-ring (bicyclic) bond motifs is 1. The summed E-state index contributed by atoms with van der Waals surface area (Å²) in [6.45, 7) is 3.89. The summed E-state index contributed by atoms with van der Waals surface area (Å²) in [5.41, 5.74) is 2.64. The van der Waals surface area contributed by atoms with E-state index >= 15 is 0 Å². The molecule has 1 amide bonds. The Morgan fingerprint density at radius 1 is 1.04 bits per heavy atom. The molecular formula is C33H28Cl2N6O5. The van der Waals surface area contributed by atoms with Crippen molar-refractivity contribution in [2.24, 2.45) is 14.1 Å². The molecule has 1 N–H and O–H groups in total. The number of aromatic nitrogens is 4. The summed E-state index contributed by atoms with van der Waals surface area (Å²) >= 11 is 12.6. The average Bonchev–Trinajstić information content (AvgIpc) is 3.39. The van der Waals surface area contributed by atoms with Crippen LogP contribution in [0.2, 0.25) is 10.0 Å². The normalized spacial score (nSPS) is 11.4. The Kier molecular flexibility index (Phi) is 9.05. The van der Waals surface area contributed by atoms with E-state index in [1.54, 1.807) is 42.5 Å². The molecule has 0 saturated heterocycles. The Hall–Kier alpha value is -5.31. The van der Waals surface area contributed by atoms with E-state index in [0.717, 1.165) is 15.7 Å². The van der Waals surface area contributed by atoms with Crippen molar-refractivity contribution in [1.29, 1.82) is 5.26 Å². The molecule has 2 heterocycles. The van der Waals surface area contributed by atoms with E-state index in [4.69, 9.17) is 32.7 Å². The first-order valence-electron chi connectivity index (χ1n) is 13.9. The summed E-state index contributed by atoms with van der Waals surface area (Å²) in [5.74, 6) is -0.0817. The van der Waals surface area contributed by atoms with Gasteiger partial charge < -0.3 is 14.8 Å². The molecule has 0 fully saturated rings. The zero-order chi connectivity index (χ0) is 33.3. The predicted octanol–water partition coefficient (Wildman–Crippen LogP) is 5.75. The number of benzene rings is 3. The highest BCUT2D eigenvalue weighted by atomic mass is 35.5. The third kappa shape index (κ3) is 6.13. The van der Waals surface area contributed by atoms with E-state index in [-0.39, 0.29) is 40.8 Å². The lowest BCUT2D eigenvalue weighted by atomic mass is 10.1. The van der Waals surface area contributed by atoms with Gasteiger partial charge in [-0.3, -0.25) is 23.3 Å². The van der Waals surface area contributed by atoms with Crippen LogP contribution in [-0.4, -0.2) is 31.7 Å². The van der Waals surface area contributed by atoms with E-state index in [2.05, 4.69) is 10.3 Å². The molecule has 46 heavy (non-hydrogen) atoms. The van der Waals surface area contributed by atoms with Crippen molar-refractivity contribution in [3.63, 3.8) is 0 Å². The fourth-order valence-corrected chi connectivity index (χ4v) is 5.29. The highest BCUT2D eigenvalue weighted by Gasteiger charge is 2.23. The van der Waals surface area contributed by atoms with Gasteiger partial charge in [0.15, 0.2) is 22.7 Å². The van der Waals surface area contributed by atoms with Gasteiger partial charge in [0.2, 0.25) is 0 Å². The third-order valence-electron chi connectivity index (χ3n) is 7.57. The van der Waals surface area contributed by atoms with Gasteiger partial charge in [-0.15, -0.1) is 0 Å². The number of carbonyl (C=O) groups excluding carboxylic acids is 1. The molecule has 0 unspecified atom stereocenters. The van der Waals surface area contributed by atoms with E-state index < -0.39 is 17.2 Å². The van der Waals surface area contributed by atoms with Crippen molar-refractivity contribution in [3.8, 4) is 23.6 Å². The number of nitriles is 1. The molecule has 234 valence electrons. The second-order valence-electron chi connectivity index (χ2n) is 10.5. The van der Waals surface area contributed by atoms with Gasteiger partial charge in [-0.2, -0.15) is 10.2 Å². The molecule has 0 aliphatic rings. The predicted molar refractivity (Wildman–Crippen MR) is 177 cm³/mol. The van der Waals surface area contributed by atoms with Crippen molar-refractivity contribution < 1.29 is 14.3 Å². The maximum Gasteiger partial charge on any atom is 0.332 e. The lowest BCUT2D eigenvalue weighted by Crippen LogP contribution is -2.37. The van der Waals surface area contributed by atoms with Crippen LogP contribution in [0, 0.1) is 25.2 Å². The molecule has 0 aliphatic heterocycles. The zero-order valence-electron chi connectivity index (χ0n) is 25.5. The van der Waals surface area contributed by atoms with Crippen LogP contribution in [0.1, 0.15) is 22.3 Å². The first-order valence-corrected chi connectivity index (χ1v) is 14.6. The molecule has 0 saturated carbocycles. The van der Waals surface area contributed by atoms with Crippen LogP contribution in [0.3, 0.4) is 0 Å². The van der Waals surface area contributed by atoms with Gasteiger partial charge in [0, 0.05) is 29.8 Å². The SMILES string of the molecule is COc1cc(C=C(C#N)C(=O)Nc2cccc(C)c2C)ccc1Oc1nc2c(c(=O)n(C)c(=O)n2C)n1Cc1ccc(Cl)cc1Cl. The lowest BCUT2D eigenvalue weighted by Gasteiger charge is -2.14. The summed E-state index contributed by atoms with van der Waals surface area (Å²) in [4.78, 5) is 43.5. The highest BCUT2D eigenvalue weighted by molar-refractivity contribution is 6.35. The van der Waals surface area contributed by atoms with E-state index in [1.807, 2.05) is 32.0 Å². The van der Waals surface area contributed by atoms with Crippen molar-refractivity contribution in [2.75, 3.05) is 12.4 Å². The molecule has 3 aromatic carbocycles. The van der Waals surface area contributed by atoms with Gasteiger partial charge >= 0.3 is 11.7 Å². The molecule has 0 atom stereocenters. The van der Waals surface area contributed by atoms with Crippen LogP contribution >= 0.6 is 23.2 Å². The number of rotatable bonds is 8. The maximum atomic E-state index is 13.3. The van der Waals surface area contributed by atoms with Gasteiger partial charge in [0.1, 0.15) is 11.6 Å². The van der Waals surface area contributed by atoms with Gasteiger partial charge in [-0.25, -0.2) is 4.79 Å². The van der Waals surface area contributed by atoms with Crippen LogP contribution in [0.5, 0.6) is 17.5 Å². The minimum absolute atomic E-state index is 0.00785. The standard InChI is InChI=1S/C33H28Cl2N6O5/c1-18-7-6-8-25(19(18)2)37-30(42)22(16-36)13-20-9-12-26(27(14-20)45-5)46-32-38-29-28(31(43)40(4)33(44)39(29)3)41(32)17-21-10-11-23(34)15-24(21)35/h6-15H,17H2,1-5H3,(H,37,42). The first-order chi connectivity index (χ1) is 21.9. The number of imidazole rings is 1. The minimum Gasteiger partial charge on any atom is -0.493 e.